The summed E-state index contributed by atoms with van der Waals surface area (Å²) in [5.74, 6) is 0. The Labute approximate surface area is 285 Å². The Bertz CT molecular complexity index is 2070. The minimum Gasteiger partial charge on any atom is -0.443 e. The zero-order valence-corrected chi connectivity index (χ0v) is 29.1. The Balaban J connectivity index is 1.44. The van der Waals surface area contributed by atoms with E-state index in [9.17, 15) is 9.59 Å². The molecular formula is C37H43ClN6O4. The van der Waals surface area contributed by atoms with Gasteiger partial charge in [0.15, 0.2) is 0 Å². The van der Waals surface area contributed by atoms with Gasteiger partial charge in [-0.05, 0) is 102 Å². The molecule has 48 heavy (non-hydrogen) atoms. The number of fused-ring (bicyclic) bond motifs is 2. The number of benzene rings is 3. The van der Waals surface area contributed by atoms with Gasteiger partial charge >= 0.3 is 12.2 Å². The third kappa shape index (κ3) is 6.94. The van der Waals surface area contributed by atoms with Crippen molar-refractivity contribution in [2.24, 2.45) is 4.99 Å². The number of piperidine rings is 1. The van der Waals surface area contributed by atoms with Crippen LogP contribution in [0.5, 0.6) is 0 Å². The molecule has 0 aliphatic carbocycles. The third-order valence-corrected chi connectivity index (χ3v) is 8.61. The highest BCUT2D eigenvalue weighted by Crippen LogP contribution is 2.33. The SMILES string of the molecule is CC(C)(C)OC(=O)N=c1n(Cc2cccc3c2ccn3C(=O)OC(C)(C)C)c2ccccc2n1C1CCN(c2cc(Cl)ccc2N)CC1. The number of aromatic nitrogens is 3. The van der Waals surface area contributed by atoms with Crippen LogP contribution in [-0.2, 0) is 16.0 Å². The van der Waals surface area contributed by atoms with Crippen molar-refractivity contribution in [3.05, 3.63) is 89.1 Å². The first-order valence-corrected chi connectivity index (χ1v) is 16.7. The van der Waals surface area contributed by atoms with Crippen LogP contribution in [0.2, 0.25) is 5.02 Å². The molecule has 0 radical (unpaired) electrons. The van der Waals surface area contributed by atoms with Crippen LogP contribution in [-0.4, -0.2) is 50.2 Å². The number of rotatable bonds is 4. The number of imidazole rings is 1. The Kier molecular flexibility index (Phi) is 8.80. The summed E-state index contributed by atoms with van der Waals surface area (Å²) in [5.41, 5.74) is 10.7. The number of hydrogen-bond donors (Lipinski definition) is 1. The van der Waals surface area contributed by atoms with Crippen molar-refractivity contribution in [2.75, 3.05) is 23.7 Å². The van der Waals surface area contributed by atoms with Crippen molar-refractivity contribution < 1.29 is 19.1 Å². The van der Waals surface area contributed by atoms with Crippen molar-refractivity contribution in [3.8, 4) is 0 Å². The van der Waals surface area contributed by atoms with Gasteiger partial charge in [0.25, 0.3) is 0 Å². The molecule has 1 fully saturated rings. The molecule has 1 aliphatic heterocycles. The number of hydrogen-bond acceptors (Lipinski definition) is 6. The molecule has 2 aromatic heterocycles. The van der Waals surface area contributed by atoms with Gasteiger partial charge in [-0.1, -0.05) is 35.9 Å². The number of para-hydroxylation sites is 2. The topological polar surface area (TPSA) is 109 Å². The molecule has 3 heterocycles. The highest BCUT2D eigenvalue weighted by atomic mass is 35.5. The molecule has 10 nitrogen and oxygen atoms in total. The van der Waals surface area contributed by atoms with Crippen LogP contribution in [0.1, 0.15) is 66.0 Å². The van der Waals surface area contributed by atoms with Gasteiger partial charge in [0.05, 0.1) is 34.5 Å². The summed E-state index contributed by atoms with van der Waals surface area (Å²) in [6.45, 7) is 13.0. The van der Waals surface area contributed by atoms with E-state index in [-0.39, 0.29) is 6.04 Å². The van der Waals surface area contributed by atoms with Crippen LogP contribution in [0.25, 0.3) is 21.9 Å². The normalized spacial score (nSPS) is 15.0. The number of carbonyl (C=O) groups is 2. The number of amides is 1. The van der Waals surface area contributed by atoms with Crippen LogP contribution in [0.3, 0.4) is 0 Å². The van der Waals surface area contributed by atoms with E-state index < -0.39 is 23.4 Å². The summed E-state index contributed by atoms with van der Waals surface area (Å²) in [4.78, 5) is 33.3. The standard InChI is InChI=1S/C37H43ClN6O4/c1-36(2,3)47-34(45)40-33-43(23-24-10-9-13-29-27(24)18-21-42(29)35(46)48-37(4,5)6)30-11-7-8-12-31(30)44(33)26-16-19-41(20-17-26)32-22-25(38)14-15-28(32)39/h7-15,18,21-22,26H,16-17,19-20,23,39H2,1-6H3. The molecule has 0 bridgehead atoms. The number of nitrogens with zero attached hydrogens (tertiary/aromatic N) is 5. The number of nitrogens with two attached hydrogens (primary N) is 1. The fraction of sp³-hybridized carbons (Fsp3) is 0.378. The predicted molar refractivity (Wildman–Crippen MR) is 191 cm³/mol. The molecule has 0 unspecified atom stereocenters. The zero-order chi connectivity index (χ0) is 34.4. The monoisotopic (exact) mass is 670 g/mol. The summed E-state index contributed by atoms with van der Waals surface area (Å²) in [5, 5.41) is 1.55. The first kappa shape index (κ1) is 33.2. The molecule has 1 aliphatic rings. The number of halogens is 1. The summed E-state index contributed by atoms with van der Waals surface area (Å²) >= 11 is 6.32. The number of anilines is 2. The lowest BCUT2D eigenvalue weighted by atomic mass is 10.0. The van der Waals surface area contributed by atoms with Crippen molar-refractivity contribution in [1.82, 2.24) is 13.7 Å². The van der Waals surface area contributed by atoms with E-state index in [1.54, 1.807) is 12.3 Å². The van der Waals surface area contributed by atoms with E-state index in [1.807, 2.05) is 96.1 Å². The maximum Gasteiger partial charge on any atom is 0.437 e. The van der Waals surface area contributed by atoms with Crippen molar-refractivity contribution in [3.63, 3.8) is 0 Å². The average Bonchev–Trinajstić information content (AvgIpc) is 3.57. The Morgan fingerprint density at radius 1 is 0.875 bits per heavy atom. The van der Waals surface area contributed by atoms with Gasteiger partial charge in [0.1, 0.15) is 11.2 Å². The van der Waals surface area contributed by atoms with Gasteiger partial charge in [0, 0.05) is 35.7 Å². The first-order chi connectivity index (χ1) is 22.7. The van der Waals surface area contributed by atoms with E-state index in [0.29, 0.717) is 22.9 Å². The minimum absolute atomic E-state index is 0.0537. The van der Waals surface area contributed by atoms with Crippen molar-refractivity contribution >= 4 is 57.1 Å². The number of carbonyl (C=O) groups excluding carboxylic acids is 2. The molecule has 3 aromatic carbocycles. The number of ether oxygens (including phenoxy) is 2. The Morgan fingerprint density at radius 3 is 2.23 bits per heavy atom. The maximum atomic E-state index is 13.4. The molecule has 6 rings (SSSR count). The second-order valence-corrected chi connectivity index (χ2v) is 14.7. The average molecular weight is 671 g/mol. The molecular weight excluding hydrogens is 628 g/mol. The van der Waals surface area contributed by atoms with Crippen LogP contribution in [0, 0.1) is 0 Å². The Morgan fingerprint density at radius 2 is 1.54 bits per heavy atom. The van der Waals surface area contributed by atoms with Gasteiger partial charge in [-0.25, -0.2) is 9.59 Å². The van der Waals surface area contributed by atoms with Gasteiger partial charge in [-0.15, -0.1) is 4.99 Å². The lowest BCUT2D eigenvalue weighted by Gasteiger charge is -2.35. The maximum absolute atomic E-state index is 13.4. The van der Waals surface area contributed by atoms with E-state index >= 15 is 0 Å². The van der Waals surface area contributed by atoms with E-state index in [4.69, 9.17) is 26.8 Å². The third-order valence-electron chi connectivity index (χ3n) is 8.38. The van der Waals surface area contributed by atoms with E-state index in [1.165, 1.54) is 4.57 Å². The molecule has 0 saturated carbocycles. The molecule has 5 aromatic rings. The first-order valence-electron chi connectivity index (χ1n) is 16.3. The highest BCUT2D eigenvalue weighted by Gasteiger charge is 2.27. The van der Waals surface area contributed by atoms with Gasteiger partial charge in [-0.3, -0.25) is 4.57 Å². The summed E-state index contributed by atoms with van der Waals surface area (Å²) in [7, 11) is 0. The lowest BCUT2D eigenvalue weighted by Crippen LogP contribution is -2.39. The predicted octanol–water partition coefficient (Wildman–Crippen LogP) is 8.14. The molecule has 2 N–H and O–H groups in total. The van der Waals surface area contributed by atoms with Crippen LogP contribution < -0.4 is 16.3 Å². The highest BCUT2D eigenvalue weighted by molar-refractivity contribution is 6.31. The summed E-state index contributed by atoms with van der Waals surface area (Å²) in [6, 6.07) is 21.5. The van der Waals surface area contributed by atoms with E-state index in [2.05, 4.69) is 25.1 Å². The van der Waals surface area contributed by atoms with Gasteiger partial charge in [-0.2, -0.15) is 0 Å². The molecule has 252 valence electrons. The molecule has 11 heteroatoms. The Hall–Kier alpha value is -4.70. The second-order valence-electron chi connectivity index (χ2n) is 14.3. The molecule has 0 atom stereocenters. The minimum atomic E-state index is -0.708. The van der Waals surface area contributed by atoms with Crippen LogP contribution in [0.4, 0.5) is 21.0 Å². The van der Waals surface area contributed by atoms with Crippen molar-refractivity contribution in [2.45, 2.75) is 78.2 Å². The molecule has 1 saturated heterocycles. The van der Waals surface area contributed by atoms with Crippen LogP contribution >= 0.6 is 11.6 Å². The summed E-state index contributed by atoms with van der Waals surface area (Å²) in [6.07, 6.45) is 2.25. The molecule has 0 spiro atoms. The van der Waals surface area contributed by atoms with Crippen LogP contribution in [0.15, 0.2) is 77.9 Å². The fourth-order valence-corrected chi connectivity index (χ4v) is 6.57. The fourth-order valence-electron chi connectivity index (χ4n) is 6.40. The lowest BCUT2D eigenvalue weighted by molar-refractivity contribution is 0.0542. The van der Waals surface area contributed by atoms with Crippen molar-refractivity contribution in [1.29, 1.82) is 0 Å². The largest absolute Gasteiger partial charge is 0.443 e. The quantitative estimate of drug-likeness (QED) is 0.193. The van der Waals surface area contributed by atoms with E-state index in [0.717, 1.165) is 59.1 Å². The number of nitrogen functional groups attached to an aromatic ring is 1. The summed E-state index contributed by atoms with van der Waals surface area (Å²) < 4.78 is 17.1. The molecule has 1 amide bonds. The smallest absolute Gasteiger partial charge is 0.437 e. The van der Waals surface area contributed by atoms with Gasteiger partial charge < -0.3 is 29.2 Å². The zero-order valence-electron chi connectivity index (χ0n) is 28.4. The second kappa shape index (κ2) is 12.7. The van der Waals surface area contributed by atoms with Gasteiger partial charge in [0.2, 0.25) is 5.62 Å².